The average molecular weight is 303 g/mol. The van der Waals surface area contributed by atoms with Crippen LogP contribution in [0.15, 0.2) is 59.7 Å². The Morgan fingerprint density at radius 2 is 1.81 bits per heavy atom. The Bertz CT molecular complexity index is 642. The SMILES string of the molecule is C/C(=N\NC(=O)COc1ccccc1)c1ccccc1Cl. The van der Waals surface area contributed by atoms with E-state index in [2.05, 4.69) is 10.5 Å². The van der Waals surface area contributed by atoms with Crippen LogP contribution in [0, 0.1) is 0 Å². The molecule has 0 atom stereocenters. The quantitative estimate of drug-likeness (QED) is 0.681. The lowest BCUT2D eigenvalue weighted by Gasteiger charge is -2.06. The molecule has 108 valence electrons. The number of rotatable bonds is 5. The topological polar surface area (TPSA) is 50.7 Å². The van der Waals surface area contributed by atoms with Gasteiger partial charge >= 0.3 is 0 Å². The molecule has 1 N–H and O–H groups in total. The highest BCUT2D eigenvalue weighted by molar-refractivity contribution is 6.34. The molecule has 1 amide bonds. The van der Waals surface area contributed by atoms with Crippen LogP contribution in [-0.2, 0) is 4.79 Å². The number of carbonyl (C=O) groups is 1. The monoisotopic (exact) mass is 302 g/mol. The maximum atomic E-state index is 11.7. The second-order valence-corrected chi connectivity index (χ2v) is 4.72. The number of amides is 1. The van der Waals surface area contributed by atoms with E-state index < -0.39 is 0 Å². The van der Waals surface area contributed by atoms with Crippen LogP contribution in [0.2, 0.25) is 5.02 Å². The first-order valence-corrected chi connectivity index (χ1v) is 6.80. The Kier molecular flexibility index (Phi) is 5.35. The smallest absolute Gasteiger partial charge is 0.277 e. The maximum absolute atomic E-state index is 11.7. The van der Waals surface area contributed by atoms with Gasteiger partial charge in [0, 0.05) is 10.6 Å². The lowest BCUT2D eigenvalue weighted by atomic mass is 10.1. The zero-order valence-corrected chi connectivity index (χ0v) is 12.3. The molecule has 21 heavy (non-hydrogen) atoms. The summed E-state index contributed by atoms with van der Waals surface area (Å²) in [6.45, 7) is 1.68. The fourth-order valence-corrected chi connectivity index (χ4v) is 1.93. The van der Waals surface area contributed by atoms with Crippen molar-refractivity contribution < 1.29 is 9.53 Å². The van der Waals surface area contributed by atoms with E-state index in [4.69, 9.17) is 16.3 Å². The van der Waals surface area contributed by atoms with E-state index in [0.29, 0.717) is 16.5 Å². The Hall–Kier alpha value is -2.33. The molecule has 4 nitrogen and oxygen atoms in total. The van der Waals surface area contributed by atoms with Crippen LogP contribution in [0.1, 0.15) is 12.5 Å². The van der Waals surface area contributed by atoms with E-state index in [9.17, 15) is 4.79 Å². The van der Waals surface area contributed by atoms with E-state index in [-0.39, 0.29) is 12.5 Å². The van der Waals surface area contributed by atoms with Crippen molar-refractivity contribution in [1.29, 1.82) is 0 Å². The number of para-hydroxylation sites is 1. The predicted molar refractivity (Wildman–Crippen MR) is 83.7 cm³/mol. The molecule has 0 aliphatic heterocycles. The normalized spacial score (nSPS) is 11.0. The van der Waals surface area contributed by atoms with Gasteiger partial charge in [0.1, 0.15) is 5.75 Å². The van der Waals surface area contributed by atoms with E-state index >= 15 is 0 Å². The first-order valence-electron chi connectivity index (χ1n) is 6.42. The van der Waals surface area contributed by atoms with Gasteiger partial charge in [-0.1, -0.05) is 48.0 Å². The fourth-order valence-electron chi connectivity index (χ4n) is 1.66. The van der Waals surface area contributed by atoms with E-state index in [1.54, 1.807) is 25.1 Å². The summed E-state index contributed by atoms with van der Waals surface area (Å²) in [6, 6.07) is 16.4. The van der Waals surface area contributed by atoms with Crippen LogP contribution in [-0.4, -0.2) is 18.2 Å². The highest BCUT2D eigenvalue weighted by Crippen LogP contribution is 2.15. The lowest BCUT2D eigenvalue weighted by Crippen LogP contribution is -2.25. The molecule has 2 aromatic carbocycles. The Morgan fingerprint density at radius 3 is 2.52 bits per heavy atom. The van der Waals surface area contributed by atoms with Crippen molar-refractivity contribution in [1.82, 2.24) is 5.43 Å². The van der Waals surface area contributed by atoms with Crippen molar-refractivity contribution in [2.75, 3.05) is 6.61 Å². The van der Waals surface area contributed by atoms with Gasteiger partial charge in [0.05, 0.1) is 5.71 Å². The Labute approximate surface area is 128 Å². The van der Waals surface area contributed by atoms with E-state index in [1.165, 1.54) is 0 Å². The van der Waals surface area contributed by atoms with Crippen LogP contribution >= 0.6 is 11.6 Å². The number of ether oxygens (including phenoxy) is 1. The van der Waals surface area contributed by atoms with Gasteiger partial charge in [-0.3, -0.25) is 4.79 Å². The summed E-state index contributed by atoms with van der Waals surface area (Å²) in [6.07, 6.45) is 0. The summed E-state index contributed by atoms with van der Waals surface area (Å²) in [5, 5.41) is 4.61. The van der Waals surface area contributed by atoms with Crippen LogP contribution < -0.4 is 10.2 Å². The summed E-state index contributed by atoms with van der Waals surface area (Å²) in [4.78, 5) is 11.7. The number of hydrogen-bond acceptors (Lipinski definition) is 3. The van der Waals surface area contributed by atoms with Crippen LogP contribution in [0.4, 0.5) is 0 Å². The number of benzene rings is 2. The molecule has 0 spiro atoms. The fraction of sp³-hybridized carbons (Fsp3) is 0.125. The molecule has 0 saturated heterocycles. The summed E-state index contributed by atoms with van der Waals surface area (Å²) >= 11 is 6.06. The van der Waals surface area contributed by atoms with Gasteiger partial charge in [0.2, 0.25) is 0 Å². The average Bonchev–Trinajstić information content (AvgIpc) is 2.52. The minimum absolute atomic E-state index is 0.0939. The minimum atomic E-state index is -0.328. The molecule has 0 heterocycles. The molecule has 0 fully saturated rings. The Morgan fingerprint density at radius 1 is 1.14 bits per heavy atom. The molecule has 0 aliphatic rings. The molecular formula is C16H15ClN2O2. The van der Waals surface area contributed by atoms with Gasteiger partial charge in [0.25, 0.3) is 5.91 Å². The standard InChI is InChI=1S/C16H15ClN2O2/c1-12(14-9-5-6-10-15(14)17)18-19-16(20)11-21-13-7-3-2-4-8-13/h2-10H,11H2,1H3,(H,19,20)/b18-12+. The van der Waals surface area contributed by atoms with Crippen molar-refractivity contribution >= 4 is 23.2 Å². The molecular weight excluding hydrogens is 288 g/mol. The van der Waals surface area contributed by atoms with Crippen molar-refractivity contribution in [3.8, 4) is 5.75 Å². The highest BCUT2D eigenvalue weighted by atomic mass is 35.5. The Balaban J connectivity index is 1.88. The minimum Gasteiger partial charge on any atom is -0.484 e. The first kappa shape index (κ1) is 15.1. The van der Waals surface area contributed by atoms with Crippen LogP contribution in [0.5, 0.6) is 5.75 Å². The molecule has 0 radical (unpaired) electrons. The third-order valence-corrected chi connectivity index (χ3v) is 3.05. The predicted octanol–water partition coefficient (Wildman–Crippen LogP) is 3.26. The molecule has 0 saturated carbocycles. The van der Waals surface area contributed by atoms with Crippen LogP contribution in [0.3, 0.4) is 0 Å². The first-order chi connectivity index (χ1) is 10.2. The van der Waals surface area contributed by atoms with Crippen molar-refractivity contribution in [3.05, 3.63) is 65.2 Å². The van der Waals surface area contributed by atoms with Gasteiger partial charge in [-0.2, -0.15) is 5.10 Å². The zero-order chi connectivity index (χ0) is 15.1. The number of nitrogens with one attached hydrogen (secondary N) is 1. The van der Waals surface area contributed by atoms with Gasteiger partial charge in [-0.05, 0) is 25.1 Å². The van der Waals surface area contributed by atoms with Crippen LogP contribution in [0.25, 0.3) is 0 Å². The highest BCUT2D eigenvalue weighted by Gasteiger charge is 2.05. The molecule has 2 rings (SSSR count). The number of hydrazone groups is 1. The summed E-state index contributed by atoms with van der Waals surface area (Å²) < 4.78 is 5.32. The largest absolute Gasteiger partial charge is 0.484 e. The molecule has 2 aromatic rings. The van der Waals surface area contributed by atoms with Gasteiger partial charge in [-0.25, -0.2) is 5.43 Å². The molecule has 0 aromatic heterocycles. The van der Waals surface area contributed by atoms with E-state index in [1.807, 2.05) is 36.4 Å². The summed E-state index contributed by atoms with van der Waals surface area (Å²) in [7, 11) is 0. The molecule has 0 bridgehead atoms. The third kappa shape index (κ3) is 4.61. The van der Waals surface area contributed by atoms with Crippen molar-refractivity contribution in [3.63, 3.8) is 0 Å². The summed E-state index contributed by atoms with van der Waals surface area (Å²) in [5.41, 5.74) is 3.86. The molecule has 0 unspecified atom stereocenters. The van der Waals surface area contributed by atoms with Gasteiger partial charge in [0.15, 0.2) is 6.61 Å². The van der Waals surface area contributed by atoms with Crippen molar-refractivity contribution in [2.24, 2.45) is 5.10 Å². The maximum Gasteiger partial charge on any atom is 0.277 e. The summed E-state index contributed by atoms with van der Waals surface area (Å²) in [5.74, 6) is 0.310. The molecule has 5 heteroatoms. The lowest BCUT2D eigenvalue weighted by molar-refractivity contribution is -0.123. The third-order valence-electron chi connectivity index (χ3n) is 2.73. The number of halogens is 1. The second kappa shape index (κ2) is 7.45. The molecule has 0 aliphatic carbocycles. The number of carbonyl (C=O) groups excluding carboxylic acids is 1. The van der Waals surface area contributed by atoms with Crippen molar-refractivity contribution in [2.45, 2.75) is 6.92 Å². The number of hydrogen-bond donors (Lipinski definition) is 1. The van der Waals surface area contributed by atoms with Gasteiger partial charge in [-0.15, -0.1) is 0 Å². The second-order valence-electron chi connectivity index (χ2n) is 4.31. The van der Waals surface area contributed by atoms with Gasteiger partial charge < -0.3 is 4.74 Å². The number of nitrogens with zero attached hydrogens (tertiary/aromatic N) is 1. The zero-order valence-electron chi connectivity index (χ0n) is 11.5. The van der Waals surface area contributed by atoms with E-state index in [0.717, 1.165) is 5.56 Å².